The summed E-state index contributed by atoms with van der Waals surface area (Å²) >= 11 is 1.52. The van der Waals surface area contributed by atoms with Crippen LogP contribution in [0.5, 0.6) is 5.75 Å². The predicted octanol–water partition coefficient (Wildman–Crippen LogP) is 5.09. The van der Waals surface area contributed by atoms with Crippen molar-refractivity contribution in [3.05, 3.63) is 64.8 Å². The molecule has 9 heteroatoms. The number of aromatic nitrogens is 2. The number of nitrogens with zero attached hydrogens (tertiary/aromatic N) is 3. The first-order valence-corrected chi connectivity index (χ1v) is 12.5. The number of carbonyl (C=O) groups is 1. The zero-order valence-electron chi connectivity index (χ0n) is 19.8. The molecule has 0 saturated carbocycles. The molecule has 0 aliphatic carbocycles. The molecule has 35 heavy (non-hydrogen) atoms. The zero-order valence-corrected chi connectivity index (χ0v) is 22.3. The van der Waals surface area contributed by atoms with E-state index < -0.39 is 0 Å². The fourth-order valence-electron chi connectivity index (χ4n) is 4.64. The van der Waals surface area contributed by atoms with Crippen molar-refractivity contribution < 1.29 is 9.53 Å². The fraction of sp³-hybridized carbons (Fsp3) is 0.385. The Balaban J connectivity index is 0.00000171. The Kier molecular flexibility index (Phi) is 9.92. The van der Waals surface area contributed by atoms with Gasteiger partial charge in [-0.3, -0.25) is 9.20 Å². The summed E-state index contributed by atoms with van der Waals surface area (Å²) in [4.78, 5) is 20.5. The van der Waals surface area contributed by atoms with Crippen LogP contribution in [0.15, 0.2) is 58.6 Å². The van der Waals surface area contributed by atoms with E-state index in [2.05, 4.69) is 31.7 Å². The maximum Gasteiger partial charge on any atom is 0.258 e. The third-order valence-electron chi connectivity index (χ3n) is 6.60. The van der Waals surface area contributed by atoms with E-state index in [-0.39, 0.29) is 30.7 Å². The molecule has 0 spiro atoms. The number of ether oxygens (including phenoxy) is 1. The van der Waals surface area contributed by atoms with Gasteiger partial charge >= 0.3 is 0 Å². The quantitative estimate of drug-likeness (QED) is 0.435. The smallest absolute Gasteiger partial charge is 0.258 e. The Labute approximate surface area is 223 Å². The van der Waals surface area contributed by atoms with Crippen molar-refractivity contribution in [3.63, 3.8) is 0 Å². The zero-order chi connectivity index (χ0) is 22.6. The van der Waals surface area contributed by atoms with Crippen LogP contribution in [0.4, 0.5) is 0 Å². The lowest BCUT2D eigenvalue weighted by molar-refractivity contribution is -0.117. The molecule has 5 rings (SSSR count). The van der Waals surface area contributed by atoms with Crippen molar-refractivity contribution >= 4 is 54.2 Å². The highest BCUT2D eigenvalue weighted by Gasteiger charge is 2.23. The van der Waals surface area contributed by atoms with Crippen molar-refractivity contribution in [1.29, 1.82) is 0 Å². The molecule has 1 fully saturated rings. The van der Waals surface area contributed by atoms with Crippen LogP contribution in [-0.4, -0.2) is 53.5 Å². The molecular formula is C26H32Cl2N4O2S. The van der Waals surface area contributed by atoms with Gasteiger partial charge in [-0.1, -0.05) is 30.0 Å². The minimum atomic E-state index is 0. The number of hydrogen-bond acceptors (Lipinski definition) is 5. The number of amides is 1. The maximum atomic E-state index is 12.8. The van der Waals surface area contributed by atoms with Crippen LogP contribution in [0.2, 0.25) is 0 Å². The molecule has 3 aromatic rings. The van der Waals surface area contributed by atoms with Gasteiger partial charge < -0.3 is 15.0 Å². The molecule has 4 heterocycles. The van der Waals surface area contributed by atoms with Crippen molar-refractivity contribution in [2.24, 2.45) is 5.92 Å². The normalized spacial score (nSPS) is 15.6. The van der Waals surface area contributed by atoms with Crippen LogP contribution in [-0.2, 0) is 11.2 Å². The molecule has 2 aliphatic heterocycles. The van der Waals surface area contributed by atoms with Gasteiger partial charge in [0.1, 0.15) is 11.4 Å². The Morgan fingerprint density at radius 2 is 1.91 bits per heavy atom. The largest absolute Gasteiger partial charge is 0.497 e. The number of thioether (sulfide) groups is 1. The van der Waals surface area contributed by atoms with Crippen LogP contribution in [0.25, 0.3) is 11.7 Å². The summed E-state index contributed by atoms with van der Waals surface area (Å²) in [6, 6.07) is 14.4. The van der Waals surface area contributed by atoms with E-state index in [1.807, 2.05) is 42.6 Å². The summed E-state index contributed by atoms with van der Waals surface area (Å²) in [5.74, 6) is 1.48. The number of pyridine rings is 1. The summed E-state index contributed by atoms with van der Waals surface area (Å²) in [7, 11) is 1.70. The summed E-state index contributed by atoms with van der Waals surface area (Å²) in [5, 5.41) is 4.22. The minimum absolute atomic E-state index is 0. The number of imidazole rings is 1. The van der Waals surface area contributed by atoms with Crippen LogP contribution in [0, 0.1) is 5.92 Å². The predicted molar refractivity (Wildman–Crippen MR) is 147 cm³/mol. The first-order chi connectivity index (χ1) is 16.2. The average molecular weight is 536 g/mol. The highest BCUT2D eigenvalue weighted by Crippen LogP contribution is 2.34. The lowest BCUT2D eigenvalue weighted by atomic mass is 9.96. The second kappa shape index (κ2) is 12.7. The molecule has 1 aromatic carbocycles. The molecule has 1 saturated heterocycles. The van der Waals surface area contributed by atoms with Crippen LogP contribution >= 0.6 is 36.6 Å². The number of likely N-dealkylation sites (tertiary alicyclic amines) is 1. The van der Waals surface area contributed by atoms with E-state index in [4.69, 9.17) is 4.74 Å². The Hall–Kier alpha value is -2.19. The standard InChI is InChI=1S/C26H30N4O2S.2ClH/c1-32-22-9-7-19(8-10-22)4-3-13-29-14-11-20(12-15-29)17-28-26(31)23-16-21-18-27-24-5-2-6-25(33-23)30(21)24;;/h2,5-10,16,18,20H,3-4,11-15,17H2,1H3,(H,28,31);2*1H. The summed E-state index contributed by atoms with van der Waals surface area (Å²) in [5.41, 5.74) is 3.25. The Bertz CT molecular complexity index is 1160. The summed E-state index contributed by atoms with van der Waals surface area (Å²) in [6.07, 6.45) is 8.32. The van der Waals surface area contributed by atoms with Gasteiger partial charge in [0.15, 0.2) is 0 Å². The first-order valence-electron chi connectivity index (χ1n) is 11.7. The molecule has 6 nitrogen and oxygen atoms in total. The lowest BCUT2D eigenvalue weighted by Gasteiger charge is -2.32. The molecule has 0 atom stereocenters. The SMILES string of the molecule is COc1ccc(CCCN2CCC(CNC(=O)C3=Cc4cnc5cccc(n45)S3)CC2)cc1.Cl.Cl. The van der Waals surface area contributed by atoms with E-state index in [0.717, 1.165) is 72.5 Å². The summed E-state index contributed by atoms with van der Waals surface area (Å²) < 4.78 is 7.32. The number of halogens is 2. The number of benzene rings is 1. The number of nitrogens with one attached hydrogen (secondary N) is 1. The second-order valence-electron chi connectivity index (χ2n) is 8.80. The molecule has 0 bridgehead atoms. The molecule has 2 aliphatic rings. The highest BCUT2D eigenvalue weighted by molar-refractivity contribution is 8.04. The molecule has 2 aromatic heterocycles. The fourth-order valence-corrected chi connectivity index (χ4v) is 5.64. The third kappa shape index (κ3) is 6.53. The first kappa shape index (κ1) is 27.4. The van der Waals surface area contributed by atoms with Crippen LogP contribution in [0.1, 0.15) is 30.5 Å². The summed E-state index contributed by atoms with van der Waals surface area (Å²) in [6.45, 7) is 4.11. The third-order valence-corrected chi connectivity index (χ3v) is 7.65. The van der Waals surface area contributed by atoms with Gasteiger partial charge in [-0.05, 0) is 87.1 Å². The minimum Gasteiger partial charge on any atom is -0.497 e. The topological polar surface area (TPSA) is 58.9 Å². The number of aryl methyl sites for hydroxylation is 1. The molecule has 1 N–H and O–H groups in total. The Morgan fingerprint density at radius 1 is 1.14 bits per heavy atom. The van der Waals surface area contributed by atoms with Gasteiger partial charge in [0.25, 0.3) is 5.91 Å². The lowest BCUT2D eigenvalue weighted by Crippen LogP contribution is -2.39. The van der Waals surface area contributed by atoms with Crippen molar-refractivity contribution in [3.8, 4) is 5.75 Å². The second-order valence-corrected chi connectivity index (χ2v) is 9.86. The number of rotatable bonds is 8. The van der Waals surface area contributed by atoms with Gasteiger partial charge in [-0.2, -0.15) is 0 Å². The van der Waals surface area contributed by atoms with Gasteiger partial charge in [0, 0.05) is 6.54 Å². The molecule has 0 unspecified atom stereocenters. The van der Waals surface area contributed by atoms with Crippen molar-refractivity contribution in [1.82, 2.24) is 19.6 Å². The molecule has 188 valence electrons. The molecule has 1 amide bonds. The van der Waals surface area contributed by atoms with Gasteiger partial charge in [0.2, 0.25) is 0 Å². The number of piperidine rings is 1. The van der Waals surface area contributed by atoms with E-state index in [1.165, 1.54) is 23.7 Å². The van der Waals surface area contributed by atoms with Gasteiger partial charge in [-0.25, -0.2) is 4.98 Å². The maximum absolute atomic E-state index is 12.8. The van der Waals surface area contributed by atoms with E-state index in [9.17, 15) is 4.79 Å². The van der Waals surface area contributed by atoms with Crippen molar-refractivity contribution in [2.75, 3.05) is 33.3 Å². The van der Waals surface area contributed by atoms with Gasteiger partial charge in [0.05, 0.1) is 28.9 Å². The van der Waals surface area contributed by atoms with Crippen LogP contribution < -0.4 is 10.1 Å². The van der Waals surface area contributed by atoms with Gasteiger partial charge in [-0.15, -0.1) is 24.8 Å². The van der Waals surface area contributed by atoms with Crippen LogP contribution in [0.3, 0.4) is 0 Å². The van der Waals surface area contributed by atoms with E-state index >= 15 is 0 Å². The Morgan fingerprint density at radius 3 is 2.66 bits per heavy atom. The number of hydrogen-bond donors (Lipinski definition) is 1. The molecule has 0 radical (unpaired) electrons. The number of methoxy groups -OCH3 is 1. The van der Waals surface area contributed by atoms with Crippen molar-refractivity contribution in [2.45, 2.75) is 30.7 Å². The number of carbonyl (C=O) groups excluding carboxylic acids is 1. The average Bonchev–Trinajstić information content (AvgIpc) is 3.28. The van der Waals surface area contributed by atoms with E-state index in [1.54, 1.807) is 7.11 Å². The highest BCUT2D eigenvalue weighted by atomic mass is 35.5. The van der Waals surface area contributed by atoms with E-state index in [0.29, 0.717) is 5.92 Å². The monoisotopic (exact) mass is 534 g/mol. The molecular weight excluding hydrogens is 503 g/mol.